The van der Waals surface area contributed by atoms with Gasteiger partial charge in [0.05, 0.1) is 18.2 Å². The lowest BCUT2D eigenvalue weighted by molar-refractivity contribution is 0.0918. The van der Waals surface area contributed by atoms with Crippen LogP contribution in [0.2, 0.25) is 0 Å². The average molecular weight is 208 g/mol. The summed E-state index contributed by atoms with van der Waals surface area (Å²) in [5.41, 5.74) is 7.50. The lowest BCUT2D eigenvalue weighted by atomic mass is 10.1. The molecule has 0 amide bonds. The zero-order chi connectivity index (χ0) is 10.8. The Labute approximate surface area is 88.9 Å². The van der Waals surface area contributed by atoms with Crippen molar-refractivity contribution in [2.45, 2.75) is 32.4 Å². The van der Waals surface area contributed by atoms with Crippen LogP contribution >= 0.6 is 0 Å². The van der Waals surface area contributed by atoms with Gasteiger partial charge in [0.1, 0.15) is 11.8 Å². The molecule has 0 radical (unpaired) electrons. The molecule has 1 aromatic heterocycles. The van der Waals surface area contributed by atoms with Crippen LogP contribution in [0, 0.1) is 0 Å². The standard InChI is InChI=1S/C10H16N4O/c1-7(2)14-6-12-5-10(14)9-3-8(4-11)15-13-9/h5-8H,3-4,11H2,1-2H3. The molecule has 5 nitrogen and oxygen atoms in total. The van der Waals surface area contributed by atoms with Crippen LogP contribution in [-0.2, 0) is 4.84 Å². The van der Waals surface area contributed by atoms with E-state index in [1.54, 1.807) is 0 Å². The summed E-state index contributed by atoms with van der Waals surface area (Å²) in [5.74, 6) is 0. The van der Waals surface area contributed by atoms with E-state index in [1.165, 1.54) is 0 Å². The van der Waals surface area contributed by atoms with E-state index < -0.39 is 0 Å². The molecule has 0 bridgehead atoms. The molecule has 1 atom stereocenters. The highest BCUT2D eigenvalue weighted by Gasteiger charge is 2.23. The van der Waals surface area contributed by atoms with Gasteiger partial charge in [0, 0.05) is 19.0 Å². The van der Waals surface area contributed by atoms with Crippen molar-refractivity contribution in [2.24, 2.45) is 10.9 Å². The maximum atomic E-state index is 5.53. The van der Waals surface area contributed by atoms with Gasteiger partial charge in [0.2, 0.25) is 0 Å². The summed E-state index contributed by atoms with van der Waals surface area (Å²) in [7, 11) is 0. The molecule has 0 saturated carbocycles. The molecule has 0 aromatic carbocycles. The summed E-state index contributed by atoms with van der Waals surface area (Å²) in [6.45, 7) is 4.73. The van der Waals surface area contributed by atoms with Crippen molar-refractivity contribution in [1.29, 1.82) is 0 Å². The maximum absolute atomic E-state index is 5.53. The Morgan fingerprint density at radius 3 is 3.07 bits per heavy atom. The molecular formula is C10H16N4O. The Hall–Kier alpha value is -1.36. The zero-order valence-corrected chi connectivity index (χ0v) is 9.05. The lowest BCUT2D eigenvalue weighted by Crippen LogP contribution is -2.20. The van der Waals surface area contributed by atoms with E-state index in [2.05, 4.69) is 28.6 Å². The molecule has 2 heterocycles. The van der Waals surface area contributed by atoms with E-state index >= 15 is 0 Å². The van der Waals surface area contributed by atoms with Crippen LogP contribution in [0.3, 0.4) is 0 Å². The molecule has 1 unspecified atom stereocenters. The van der Waals surface area contributed by atoms with Gasteiger partial charge in [-0.25, -0.2) is 4.98 Å². The first-order valence-electron chi connectivity index (χ1n) is 5.17. The second kappa shape index (κ2) is 4.02. The maximum Gasteiger partial charge on any atom is 0.145 e. The van der Waals surface area contributed by atoms with E-state index in [0.29, 0.717) is 12.6 Å². The van der Waals surface area contributed by atoms with Gasteiger partial charge >= 0.3 is 0 Å². The van der Waals surface area contributed by atoms with Crippen molar-refractivity contribution in [3.63, 3.8) is 0 Å². The molecule has 0 fully saturated rings. The van der Waals surface area contributed by atoms with E-state index in [9.17, 15) is 0 Å². The summed E-state index contributed by atoms with van der Waals surface area (Å²) in [4.78, 5) is 9.33. The average Bonchev–Trinajstić information content (AvgIpc) is 2.85. The van der Waals surface area contributed by atoms with Crippen molar-refractivity contribution < 1.29 is 4.84 Å². The summed E-state index contributed by atoms with van der Waals surface area (Å²) < 4.78 is 2.08. The molecule has 1 aromatic rings. The zero-order valence-electron chi connectivity index (χ0n) is 9.05. The highest BCUT2D eigenvalue weighted by molar-refractivity contribution is 5.99. The monoisotopic (exact) mass is 208 g/mol. The normalized spacial score (nSPS) is 20.5. The molecular weight excluding hydrogens is 192 g/mol. The summed E-state index contributed by atoms with van der Waals surface area (Å²) >= 11 is 0. The number of hydrogen-bond acceptors (Lipinski definition) is 4. The lowest BCUT2D eigenvalue weighted by Gasteiger charge is -2.10. The SMILES string of the molecule is CC(C)n1cncc1C1=NOC(CN)C1. The Kier molecular flexibility index (Phi) is 2.73. The molecule has 15 heavy (non-hydrogen) atoms. The largest absolute Gasteiger partial charge is 0.390 e. The molecule has 0 spiro atoms. The van der Waals surface area contributed by atoms with Crippen molar-refractivity contribution >= 4 is 5.71 Å². The number of nitrogens with two attached hydrogens (primary N) is 1. The van der Waals surface area contributed by atoms with E-state index in [4.69, 9.17) is 10.6 Å². The summed E-state index contributed by atoms with van der Waals surface area (Å²) in [5, 5.41) is 4.05. The van der Waals surface area contributed by atoms with E-state index in [0.717, 1.165) is 17.8 Å². The number of hydrogen-bond donors (Lipinski definition) is 1. The van der Waals surface area contributed by atoms with Gasteiger partial charge in [-0.3, -0.25) is 0 Å². The van der Waals surface area contributed by atoms with E-state index in [-0.39, 0.29) is 6.10 Å². The molecule has 1 aliphatic rings. The van der Waals surface area contributed by atoms with Crippen LogP contribution in [0.1, 0.15) is 32.0 Å². The topological polar surface area (TPSA) is 65.4 Å². The quantitative estimate of drug-likeness (QED) is 0.803. The first-order valence-corrected chi connectivity index (χ1v) is 5.17. The third-order valence-electron chi connectivity index (χ3n) is 2.51. The van der Waals surface area contributed by atoms with Gasteiger partial charge in [0.25, 0.3) is 0 Å². The van der Waals surface area contributed by atoms with Crippen molar-refractivity contribution in [3.05, 3.63) is 18.2 Å². The van der Waals surface area contributed by atoms with Gasteiger partial charge < -0.3 is 15.1 Å². The molecule has 0 saturated heterocycles. The smallest absolute Gasteiger partial charge is 0.145 e. The highest BCUT2D eigenvalue weighted by Crippen LogP contribution is 2.18. The number of rotatable bonds is 3. The molecule has 2 rings (SSSR count). The fourth-order valence-corrected chi connectivity index (χ4v) is 1.65. The highest BCUT2D eigenvalue weighted by atomic mass is 16.6. The minimum Gasteiger partial charge on any atom is -0.390 e. The first kappa shape index (κ1) is 10.2. The van der Waals surface area contributed by atoms with E-state index in [1.807, 2.05) is 12.5 Å². The van der Waals surface area contributed by atoms with Crippen molar-refractivity contribution in [3.8, 4) is 0 Å². The predicted octanol–water partition coefficient (Wildman–Crippen LogP) is 0.916. The second-order valence-electron chi connectivity index (χ2n) is 3.99. The summed E-state index contributed by atoms with van der Waals surface area (Å²) in [6.07, 6.45) is 4.43. The molecule has 1 aliphatic heterocycles. The third kappa shape index (κ3) is 1.87. The van der Waals surface area contributed by atoms with Gasteiger partial charge in [-0.1, -0.05) is 5.16 Å². The van der Waals surface area contributed by atoms with Crippen LogP contribution < -0.4 is 5.73 Å². The Morgan fingerprint density at radius 2 is 2.47 bits per heavy atom. The molecule has 0 aliphatic carbocycles. The molecule has 82 valence electrons. The van der Waals surface area contributed by atoms with Crippen molar-refractivity contribution in [1.82, 2.24) is 9.55 Å². The molecule has 2 N–H and O–H groups in total. The predicted molar refractivity (Wildman–Crippen MR) is 57.7 cm³/mol. The van der Waals surface area contributed by atoms with Gasteiger partial charge in [-0.15, -0.1) is 0 Å². The Balaban J connectivity index is 2.20. The third-order valence-corrected chi connectivity index (χ3v) is 2.51. The first-order chi connectivity index (χ1) is 7.22. The fraction of sp³-hybridized carbons (Fsp3) is 0.600. The van der Waals surface area contributed by atoms with Gasteiger partial charge in [-0.05, 0) is 13.8 Å². The molecule has 5 heteroatoms. The van der Waals surface area contributed by atoms with Crippen molar-refractivity contribution in [2.75, 3.05) is 6.54 Å². The van der Waals surface area contributed by atoms with Crippen LogP contribution in [0.4, 0.5) is 0 Å². The fourth-order valence-electron chi connectivity index (χ4n) is 1.65. The van der Waals surface area contributed by atoms with Crippen LogP contribution in [0.15, 0.2) is 17.7 Å². The summed E-state index contributed by atoms with van der Waals surface area (Å²) in [6, 6.07) is 0.377. The number of aromatic nitrogens is 2. The van der Waals surface area contributed by atoms with Gasteiger partial charge in [-0.2, -0.15) is 0 Å². The minimum atomic E-state index is 0.0236. The number of oxime groups is 1. The minimum absolute atomic E-state index is 0.0236. The Bertz CT molecular complexity index is 369. The van der Waals surface area contributed by atoms with Crippen LogP contribution in [0.5, 0.6) is 0 Å². The number of nitrogens with zero attached hydrogens (tertiary/aromatic N) is 3. The van der Waals surface area contributed by atoms with Crippen LogP contribution in [-0.4, -0.2) is 27.9 Å². The van der Waals surface area contributed by atoms with Gasteiger partial charge in [0.15, 0.2) is 0 Å². The number of imidazole rings is 1. The van der Waals surface area contributed by atoms with Crippen LogP contribution in [0.25, 0.3) is 0 Å². The second-order valence-corrected chi connectivity index (χ2v) is 3.99. The Morgan fingerprint density at radius 1 is 1.67 bits per heavy atom.